The monoisotopic (exact) mass is 245 g/mol. The van der Waals surface area contributed by atoms with Gasteiger partial charge >= 0.3 is 0 Å². The topological polar surface area (TPSA) is 12.0 Å². The van der Waals surface area contributed by atoms with Gasteiger partial charge in [-0.3, -0.25) is 0 Å². The van der Waals surface area contributed by atoms with Crippen molar-refractivity contribution in [2.45, 2.75) is 26.7 Å². The molecule has 1 aromatic carbocycles. The van der Waals surface area contributed by atoms with E-state index in [2.05, 4.69) is 19.2 Å². The van der Waals surface area contributed by atoms with Crippen LogP contribution in [0.25, 0.3) is 0 Å². The van der Waals surface area contributed by atoms with Crippen LogP contribution in [-0.2, 0) is 0 Å². The lowest BCUT2D eigenvalue weighted by molar-refractivity contribution is 0.551. The molecule has 0 heterocycles. The maximum absolute atomic E-state index is 6.04. The molecule has 1 atom stereocenters. The molecule has 3 heteroatoms. The van der Waals surface area contributed by atoms with E-state index in [9.17, 15) is 0 Å². The van der Waals surface area contributed by atoms with Crippen LogP contribution in [0.1, 0.15) is 26.7 Å². The van der Waals surface area contributed by atoms with Crippen LogP contribution in [0.3, 0.4) is 0 Å². The fraction of sp³-hybridized carbons (Fsp3) is 0.500. The van der Waals surface area contributed by atoms with Gasteiger partial charge < -0.3 is 5.32 Å². The van der Waals surface area contributed by atoms with Crippen molar-refractivity contribution in [3.63, 3.8) is 0 Å². The molecule has 0 fully saturated rings. The Labute approximate surface area is 102 Å². The molecule has 0 amide bonds. The average Bonchev–Trinajstić information content (AvgIpc) is 2.17. The summed E-state index contributed by atoms with van der Waals surface area (Å²) < 4.78 is 0. The summed E-state index contributed by atoms with van der Waals surface area (Å²) in [4.78, 5) is 0. The fourth-order valence-electron chi connectivity index (χ4n) is 1.54. The number of benzene rings is 1. The van der Waals surface area contributed by atoms with Crippen molar-refractivity contribution in [1.29, 1.82) is 0 Å². The van der Waals surface area contributed by atoms with Crippen LogP contribution in [0, 0.1) is 5.92 Å². The first-order valence-electron chi connectivity index (χ1n) is 5.33. The van der Waals surface area contributed by atoms with Gasteiger partial charge in [-0.05, 0) is 24.5 Å². The molecule has 0 spiro atoms. The fourth-order valence-corrected chi connectivity index (χ4v) is 2.07. The van der Waals surface area contributed by atoms with Crippen LogP contribution in [0.4, 0.5) is 5.69 Å². The Morgan fingerprint density at radius 1 is 1.27 bits per heavy atom. The minimum atomic E-state index is 0.641. The van der Waals surface area contributed by atoms with E-state index in [4.69, 9.17) is 23.2 Å². The zero-order valence-electron chi connectivity index (χ0n) is 9.19. The molecule has 1 rings (SSSR count). The molecule has 0 aromatic heterocycles. The minimum Gasteiger partial charge on any atom is -0.382 e. The molecule has 1 nitrogen and oxygen atoms in total. The van der Waals surface area contributed by atoms with E-state index < -0.39 is 0 Å². The van der Waals surface area contributed by atoms with Gasteiger partial charge in [0, 0.05) is 6.54 Å². The first-order valence-corrected chi connectivity index (χ1v) is 6.08. The third-order valence-corrected chi connectivity index (χ3v) is 3.00. The van der Waals surface area contributed by atoms with Crippen molar-refractivity contribution in [2.24, 2.45) is 5.92 Å². The molecule has 84 valence electrons. The Balaban J connectivity index is 2.57. The van der Waals surface area contributed by atoms with Crippen molar-refractivity contribution in [1.82, 2.24) is 0 Å². The second-order valence-electron chi connectivity index (χ2n) is 3.87. The summed E-state index contributed by atoms with van der Waals surface area (Å²) in [7, 11) is 0. The Hall–Kier alpha value is -0.400. The van der Waals surface area contributed by atoms with Gasteiger partial charge in [0.25, 0.3) is 0 Å². The quantitative estimate of drug-likeness (QED) is 0.783. The van der Waals surface area contributed by atoms with Crippen molar-refractivity contribution >= 4 is 28.9 Å². The minimum absolute atomic E-state index is 0.641. The third-order valence-electron chi connectivity index (χ3n) is 2.37. The number of nitrogens with one attached hydrogen (secondary N) is 1. The summed E-state index contributed by atoms with van der Waals surface area (Å²) in [5, 5.41) is 4.67. The number of halogens is 2. The molecular weight excluding hydrogens is 229 g/mol. The maximum atomic E-state index is 6.04. The Bertz CT molecular complexity index is 292. The highest BCUT2D eigenvalue weighted by molar-refractivity contribution is 6.39. The zero-order valence-corrected chi connectivity index (χ0v) is 10.7. The van der Waals surface area contributed by atoms with E-state index in [0.29, 0.717) is 16.0 Å². The van der Waals surface area contributed by atoms with Crippen molar-refractivity contribution in [3.05, 3.63) is 28.2 Å². The Kier molecular flexibility index (Phi) is 5.27. The number of para-hydroxylation sites is 1. The van der Waals surface area contributed by atoms with E-state index in [-0.39, 0.29) is 0 Å². The Morgan fingerprint density at radius 3 is 2.40 bits per heavy atom. The van der Waals surface area contributed by atoms with Gasteiger partial charge in [-0.25, -0.2) is 0 Å². The molecular formula is C12H17Cl2N. The van der Waals surface area contributed by atoms with Gasteiger partial charge in [0.2, 0.25) is 0 Å². The van der Waals surface area contributed by atoms with Crippen molar-refractivity contribution in [3.8, 4) is 0 Å². The second-order valence-corrected chi connectivity index (χ2v) is 4.69. The summed E-state index contributed by atoms with van der Waals surface area (Å²) in [5.74, 6) is 0.641. The average molecular weight is 246 g/mol. The lowest BCUT2D eigenvalue weighted by atomic mass is 10.1. The second kappa shape index (κ2) is 6.24. The van der Waals surface area contributed by atoms with Crippen molar-refractivity contribution < 1.29 is 0 Å². The molecule has 0 radical (unpaired) electrons. The highest BCUT2D eigenvalue weighted by Gasteiger charge is 2.06. The predicted molar refractivity (Wildman–Crippen MR) is 69.0 cm³/mol. The number of hydrogen-bond acceptors (Lipinski definition) is 1. The van der Waals surface area contributed by atoms with E-state index in [0.717, 1.165) is 12.2 Å². The summed E-state index contributed by atoms with van der Waals surface area (Å²) in [5.41, 5.74) is 0.851. The van der Waals surface area contributed by atoms with E-state index in [1.807, 2.05) is 18.2 Å². The summed E-state index contributed by atoms with van der Waals surface area (Å²) >= 11 is 12.1. The van der Waals surface area contributed by atoms with Gasteiger partial charge in [-0.2, -0.15) is 0 Å². The van der Waals surface area contributed by atoms with Crippen LogP contribution in [0.5, 0.6) is 0 Å². The maximum Gasteiger partial charge on any atom is 0.0719 e. The molecule has 1 unspecified atom stereocenters. The normalized spacial score (nSPS) is 12.5. The third kappa shape index (κ3) is 3.92. The predicted octanol–water partition coefficient (Wildman–Crippen LogP) is 4.84. The Morgan fingerprint density at radius 2 is 1.87 bits per heavy atom. The van der Waals surface area contributed by atoms with Crippen LogP contribution in [0.15, 0.2) is 18.2 Å². The molecule has 15 heavy (non-hydrogen) atoms. The van der Waals surface area contributed by atoms with Crippen molar-refractivity contribution in [2.75, 3.05) is 11.9 Å². The smallest absolute Gasteiger partial charge is 0.0719 e. The van der Waals surface area contributed by atoms with Crippen LogP contribution in [-0.4, -0.2) is 6.54 Å². The van der Waals surface area contributed by atoms with Gasteiger partial charge in [0.15, 0.2) is 0 Å². The molecule has 0 aliphatic carbocycles. The van der Waals surface area contributed by atoms with Crippen LogP contribution >= 0.6 is 23.2 Å². The molecule has 0 aliphatic rings. The molecule has 1 aromatic rings. The van der Waals surface area contributed by atoms with Gasteiger partial charge in [0.1, 0.15) is 0 Å². The van der Waals surface area contributed by atoms with E-state index in [1.165, 1.54) is 12.8 Å². The van der Waals surface area contributed by atoms with Gasteiger partial charge in [-0.15, -0.1) is 0 Å². The lowest BCUT2D eigenvalue weighted by Gasteiger charge is -2.14. The largest absolute Gasteiger partial charge is 0.382 e. The summed E-state index contributed by atoms with van der Waals surface area (Å²) in [6, 6.07) is 5.55. The summed E-state index contributed by atoms with van der Waals surface area (Å²) in [6.07, 6.45) is 2.42. The SMILES string of the molecule is CCCC(C)CNc1c(Cl)cccc1Cl. The van der Waals surface area contributed by atoms with Crippen LogP contribution < -0.4 is 5.32 Å². The number of hydrogen-bond donors (Lipinski definition) is 1. The van der Waals surface area contributed by atoms with Gasteiger partial charge in [0.05, 0.1) is 15.7 Å². The highest BCUT2D eigenvalue weighted by Crippen LogP contribution is 2.29. The molecule has 0 saturated heterocycles. The van der Waals surface area contributed by atoms with Crippen LogP contribution in [0.2, 0.25) is 10.0 Å². The molecule has 0 aliphatic heterocycles. The molecule has 0 bridgehead atoms. The first kappa shape index (κ1) is 12.7. The highest BCUT2D eigenvalue weighted by atomic mass is 35.5. The molecule has 0 saturated carbocycles. The summed E-state index contributed by atoms with van der Waals surface area (Å²) in [6.45, 7) is 5.33. The number of anilines is 1. The number of rotatable bonds is 5. The zero-order chi connectivity index (χ0) is 11.3. The standard InChI is InChI=1S/C12H17Cl2N/c1-3-5-9(2)8-15-12-10(13)6-4-7-11(12)14/h4,6-7,9,15H,3,5,8H2,1-2H3. The first-order chi connectivity index (χ1) is 7.15. The van der Waals surface area contributed by atoms with E-state index in [1.54, 1.807) is 0 Å². The lowest BCUT2D eigenvalue weighted by Crippen LogP contribution is -2.11. The van der Waals surface area contributed by atoms with E-state index >= 15 is 0 Å². The van der Waals surface area contributed by atoms with Gasteiger partial charge in [-0.1, -0.05) is 49.5 Å². The molecule has 1 N–H and O–H groups in total.